The fraction of sp³-hybridized carbons (Fsp3) is 0.500. The molecular formula is C18H25NO3. The van der Waals surface area contributed by atoms with Crippen LogP contribution < -0.4 is 9.47 Å². The van der Waals surface area contributed by atoms with Crippen LogP contribution in [0.25, 0.3) is 0 Å². The number of fused-ring (bicyclic) bond motifs is 1. The number of methoxy groups -OCH3 is 2. The fourth-order valence-corrected chi connectivity index (χ4v) is 3.04. The molecule has 0 spiro atoms. The molecule has 0 aliphatic carbocycles. The van der Waals surface area contributed by atoms with Crippen molar-refractivity contribution in [3.05, 3.63) is 35.9 Å². The highest BCUT2D eigenvalue weighted by Gasteiger charge is 2.29. The first-order valence-corrected chi connectivity index (χ1v) is 7.78. The van der Waals surface area contributed by atoms with Crippen molar-refractivity contribution < 1.29 is 14.3 Å². The van der Waals surface area contributed by atoms with Gasteiger partial charge in [0.15, 0.2) is 11.5 Å². The molecule has 4 heteroatoms. The van der Waals surface area contributed by atoms with E-state index in [0.29, 0.717) is 18.7 Å². The van der Waals surface area contributed by atoms with Gasteiger partial charge in [0, 0.05) is 19.0 Å². The second kappa shape index (κ2) is 7.34. The number of amides is 1. The molecular weight excluding hydrogens is 278 g/mol. The Hall–Kier alpha value is -1.97. The van der Waals surface area contributed by atoms with Gasteiger partial charge >= 0.3 is 0 Å². The predicted octanol–water partition coefficient (Wildman–Crippen LogP) is 3.19. The van der Waals surface area contributed by atoms with Gasteiger partial charge in [-0.25, -0.2) is 0 Å². The Morgan fingerprint density at radius 2 is 1.91 bits per heavy atom. The first kappa shape index (κ1) is 16.4. The van der Waals surface area contributed by atoms with Crippen LogP contribution >= 0.6 is 0 Å². The van der Waals surface area contributed by atoms with E-state index >= 15 is 0 Å². The van der Waals surface area contributed by atoms with Gasteiger partial charge in [-0.15, -0.1) is 6.58 Å². The van der Waals surface area contributed by atoms with Gasteiger partial charge in [0.25, 0.3) is 0 Å². The molecule has 1 aliphatic rings. The van der Waals surface area contributed by atoms with Crippen LogP contribution in [0, 0.1) is 5.92 Å². The maximum absolute atomic E-state index is 12.7. The van der Waals surface area contributed by atoms with Crippen LogP contribution in [0.15, 0.2) is 24.8 Å². The molecule has 0 N–H and O–H groups in total. The van der Waals surface area contributed by atoms with E-state index < -0.39 is 0 Å². The summed E-state index contributed by atoms with van der Waals surface area (Å²) in [6.07, 6.45) is 4.21. The molecule has 0 unspecified atom stereocenters. The summed E-state index contributed by atoms with van der Waals surface area (Å²) in [6.45, 7) is 7.30. The number of benzene rings is 1. The van der Waals surface area contributed by atoms with Gasteiger partial charge in [-0.3, -0.25) is 4.79 Å². The van der Waals surface area contributed by atoms with Crippen molar-refractivity contribution in [1.29, 1.82) is 0 Å². The van der Waals surface area contributed by atoms with Gasteiger partial charge < -0.3 is 14.4 Å². The highest BCUT2D eigenvalue weighted by atomic mass is 16.5. The zero-order valence-electron chi connectivity index (χ0n) is 13.7. The van der Waals surface area contributed by atoms with Crippen molar-refractivity contribution in [1.82, 2.24) is 4.90 Å². The summed E-state index contributed by atoms with van der Waals surface area (Å²) in [5.74, 6) is 1.61. The highest BCUT2D eigenvalue weighted by Crippen LogP contribution is 2.35. The number of allylic oxidation sites excluding steroid dienone is 1. The minimum Gasteiger partial charge on any atom is -0.493 e. The molecule has 0 aromatic heterocycles. The van der Waals surface area contributed by atoms with E-state index in [0.717, 1.165) is 36.3 Å². The molecule has 1 aromatic carbocycles. The molecule has 1 atom stereocenters. The van der Waals surface area contributed by atoms with Gasteiger partial charge in [0.2, 0.25) is 5.91 Å². The summed E-state index contributed by atoms with van der Waals surface area (Å²) < 4.78 is 10.8. The number of nitrogens with zero attached hydrogens (tertiary/aromatic N) is 1. The Kier molecular flexibility index (Phi) is 5.47. The van der Waals surface area contributed by atoms with Gasteiger partial charge in [-0.2, -0.15) is 0 Å². The van der Waals surface area contributed by atoms with Crippen LogP contribution in [0.5, 0.6) is 11.5 Å². The molecule has 22 heavy (non-hydrogen) atoms. The Morgan fingerprint density at radius 1 is 1.27 bits per heavy atom. The summed E-state index contributed by atoms with van der Waals surface area (Å²) >= 11 is 0. The molecule has 4 nitrogen and oxygen atoms in total. The topological polar surface area (TPSA) is 38.8 Å². The van der Waals surface area contributed by atoms with Crippen LogP contribution in [-0.2, 0) is 17.8 Å². The zero-order chi connectivity index (χ0) is 16.1. The number of rotatable bonds is 6. The smallest absolute Gasteiger partial charge is 0.226 e. The van der Waals surface area contributed by atoms with E-state index in [9.17, 15) is 4.79 Å². The van der Waals surface area contributed by atoms with Crippen LogP contribution in [0.4, 0.5) is 0 Å². The Bertz CT molecular complexity index is 554. The van der Waals surface area contributed by atoms with E-state index in [1.807, 2.05) is 23.1 Å². The summed E-state index contributed by atoms with van der Waals surface area (Å²) in [4.78, 5) is 14.7. The number of ether oxygens (including phenoxy) is 2. The maximum atomic E-state index is 12.7. The number of carbonyl (C=O) groups is 1. The average molecular weight is 303 g/mol. The van der Waals surface area contributed by atoms with E-state index in [1.54, 1.807) is 14.2 Å². The average Bonchev–Trinajstić information content (AvgIpc) is 2.65. The van der Waals surface area contributed by atoms with Gasteiger partial charge in [0.1, 0.15) is 0 Å². The monoisotopic (exact) mass is 303 g/mol. The summed E-state index contributed by atoms with van der Waals surface area (Å²) in [7, 11) is 3.27. The van der Waals surface area contributed by atoms with Crippen molar-refractivity contribution in [2.75, 3.05) is 20.8 Å². The SMILES string of the molecule is C=CC[C@H]1Cc2cc(OC)c(OC)cc2CN(CCC)C1=O. The quantitative estimate of drug-likeness (QED) is 0.758. The van der Waals surface area contributed by atoms with Crippen molar-refractivity contribution in [2.24, 2.45) is 5.92 Å². The standard InChI is InChI=1S/C18H25NO3/c1-5-7-13-9-14-10-16(21-3)17(22-4)11-15(14)12-19(8-6-2)18(13)20/h5,10-11,13H,1,6-9,12H2,2-4H3/t13-/m0/s1. The maximum Gasteiger partial charge on any atom is 0.226 e. The van der Waals surface area contributed by atoms with Crippen molar-refractivity contribution in [3.63, 3.8) is 0 Å². The molecule has 0 radical (unpaired) electrons. The first-order valence-electron chi connectivity index (χ1n) is 7.78. The molecule has 0 saturated heterocycles. The third kappa shape index (κ3) is 3.26. The lowest BCUT2D eigenvalue weighted by molar-refractivity contribution is -0.135. The molecule has 120 valence electrons. The first-order chi connectivity index (χ1) is 10.6. The second-order valence-electron chi connectivity index (χ2n) is 5.66. The third-order valence-corrected chi connectivity index (χ3v) is 4.14. The molecule has 0 bridgehead atoms. The van der Waals surface area contributed by atoms with E-state index in [2.05, 4.69) is 13.5 Å². The van der Waals surface area contributed by atoms with Crippen molar-refractivity contribution in [2.45, 2.75) is 32.7 Å². The van der Waals surface area contributed by atoms with Gasteiger partial charge in [-0.05, 0) is 42.5 Å². The Balaban J connectivity index is 2.44. The van der Waals surface area contributed by atoms with Crippen LogP contribution in [0.2, 0.25) is 0 Å². The fourth-order valence-electron chi connectivity index (χ4n) is 3.04. The van der Waals surface area contributed by atoms with Gasteiger partial charge in [0.05, 0.1) is 14.2 Å². The number of hydrogen-bond donors (Lipinski definition) is 0. The largest absolute Gasteiger partial charge is 0.493 e. The Labute approximate surface area is 132 Å². The molecule has 0 saturated carbocycles. The summed E-state index contributed by atoms with van der Waals surface area (Å²) in [6, 6.07) is 4.01. The number of hydrogen-bond acceptors (Lipinski definition) is 3. The molecule has 1 heterocycles. The summed E-state index contributed by atoms with van der Waals surface area (Å²) in [5.41, 5.74) is 2.31. The Morgan fingerprint density at radius 3 is 2.45 bits per heavy atom. The molecule has 1 aliphatic heterocycles. The minimum atomic E-state index is -0.0385. The predicted molar refractivity (Wildman–Crippen MR) is 87.3 cm³/mol. The van der Waals surface area contributed by atoms with E-state index in [1.165, 1.54) is 0 Å². The molecule has 1 aromatic rings. The lowest BCUT2D eigenvalue weighted by atomic mass is 9.94. The molecule has 2 rings (SSSR count). The van der Waals surface area contributed by atoms with Crippen LogP contribution in [-0.4, -0.2) is 31.6 Å². The zero-order valence-corrected chi connectivity index (χ0v) is 13.7. The minimum absolute atomic E-state index is 0.0385. The lowest BCUT2D eigenvalue weighted by Gasteiger charge is -2.23. The van der Waals surface area contributed by atoms with E-state index in [4.69, 9.17) is 9.47 Å². The van der Waals surface area contributed by atoms with Gasteiger partial charge in [-0.1, -0.05) is 13.0 Å². The van der Waals surface area contributed by atoms with Crippen LogP contribution in [0.3, 0.4) is 0 Å². The third-order valence-electron chi connectivity index (χ3n) is 4.14. The molecule has 1 amide bonds. The number of carbonyl (C=O) groups excluding carboxylic acids is 1. The lowest BCUT2D eigenvalue weighted by Crippen LogP contribution is -2.35. The normalized spacial score (nSPS) is 17.7. The molecule has 0 fully saturated rings. The highest BCUT2D eigenvalue weighted by molar-refractivity contribution is 5.80. The van der Waals surface area contributed by atoms with E-state index in [-0.39, 0.29) is 11.8 Å². The second-order valence-corrected chi connectivity index (χ2v) is 5.66. The van der Waals surface area contributed by atoms with Crippen LogP contribution in [0.1, 0.15) is 30.9 Å². The van der Waals surface area contributed by atoms with Crippen molar-refractivity contribution >= 4 is 5.91 Å². The summed E-state index contributed by atoms with van der Waals surface area (Å²) in [5, 5.41) is 0. The van der Waals surface area contributed by atoms with Crippen molar-refractivity contribution in [3.8, 4) is 11.5 Å².